The van der Waals surface area contributed by atoms with Crippen LogP contribution in [0.4, 0.5) is 5.69 Å². The van der Waals surface area contributed by atoms with Crippen LogP contribution in [-0.4, -0.2) is 70.2 Å². The number of morpholine rings is 1. The number of anilines is 1. The zero-order valence-electron chi connectivity index (χ0n) is 15.5. The summed E-state index contributed by atoms with van der Waals surface area (Å²) in [4.78, 5) is 12.6. The van der Waals surface area contributed by atoms with Crippen molar-refractivity contribution >= 4 is 21.6 Å². The Labute approximate surface area is 160 Å². The van der Waals surface area contributed by atoms with E-state index in [4.69, 9.17) is 9.47 Å². The van der Waals surface area contributed by atoms with E-state index >= 15 is 0 Å². The van der Waals surface area contributed by atoms with Crippen LogP contribution < -0.4 is 10.6 Å². The summed E-state index contributed by atoms with van der Waals surface area (Å²) in [6.45, 7) is 4.63. The summed E-state index contributed by atoms with van der Waals surface area (Å²) < 4.78 is 37.6. The third-order valence-corrected chi connectivity index (χ3v) is 6.67. The van der Waals surface area contributed by atoms with Gasteiger partial charge in [0.1, 0.15) is 0 Å². The molecule has 2 atom stereocenters. The first kappa shape index (κ1) is 20.2. The molecule has 2 heterocycles. The van der Waals surface area contributed by atoms with E-state index in [9.17, 15) is 13.2 Å². The Morgan fingerprint density at radius 1 is 1.30 bits per heavy atom. The highest BCUT2D eigenvalue weighted by atomic mass is 32.2. The van der Waals surface area contributed by atoms with Crippen molar-refractivity contribution in [3.05, 3.63) is 24.3 Å². The number of ether oxygens (including phenoxy) is 2. The lowest BCUT2D eigenvalue weighted by molar-refractivity contribution is -0.117. The summed E-state index contributed by atoms with van der Waals surface area (Å²) in [5, 5.41) is 5.95. The van der Waals surface area contributed by atoms with Crippen LogP contribution in [0.2, 0.25) is 0 Å². The summed E-state index contributed by atoms with van der Waals surface area (Å²) in [7, 11) is -3.59. The standard InChI is InChI=1S/C18H27N3O5S/c1-14(19-13-16-5-3-9-26-16)18(22)20-15-4-2-6-17(12-15)27(23,24)21-7-10-25-11-8-21/h2,4,6,12,14,16,19H,3,5,7-11,13H2,1H3,(H,20,22)/t14-,16+/m0/s1. The molecule has 0 aromatic heterocycles. The van der Waals surface area contributed by atoms with Gasteiger partial charge in [-0.05, 0) is 38.0 Å². The third-order valence-electron chi connectivity index (χ3n) is 4.78. The van der Waals surface area contributed by atoms with Gasteiger partial charge in [0.25, 0.3) is 0 Å². The van der Waals surface area contributed by atoms with Crippen molar-refractivity contribution in [2.45, 2.75) is 36.8 Å². The summed E-state index contributed by atoms with van der Waals surface area (Å²) in [5.41, 5.74) is 0.458. The van der Waals surface area contributed by atoms with E-state index in [2.05, 4.69) is 10.6 Å². The van der Waals surface area contributed by atoms with Gasteiger partial charge in [0.2, 0.25) is 15.9 Å². The van der Waals surface area contributed by atoms with Crippen LogP contribution in [0.5, 0.6) is 0 Å². The molecule has 3 rings (SSSR count). The Balaban J connectivity index is 1.60. The Morgan fingerprint density at radius 3 is 2.78 bits per heavy atom. The number of benzene rings is 1. The van der Waals surface area contributed by atoms with Gasteiger partial charge in [-0.25, -0.2) is 8.42 Å². The zero-order chi connectivity index (χ0) is 19.3. The van der Waals surface area contributed by atoms with Crippen molar-refractivity contribution in [2.24, 2.45) is 0 Å². The fourth-order valence-electron chi connectivity index (χ4n) is 3.13. The molecule has 2 aliphatic heterocycles. The van der Waals surface area contributed by atoms with Crippen LogP contribution in [0.15, 0.2) is 29.2 Å². The van der Waals surface area contributed by atoms with Crippen molar-refractivity contribution in [3.8, 4) is 0 Å². The molecule has 2 fully saturated rings. The molecule has 2 aliphatic rings. The van der Waals surface area contributed by atoms with E-state index in [-0.39, 0.29) is 16.9 Å². The highest BCUT2D eigenvalue weighted by Crippen LogP contribution is 2.20. The van der Waals surface area contributed by atoms with E-state index in [0.717, 1.165) is 19.4 Å². The number of carbonyl (C=O) groups excluding carboxylic acids is 1. The molecule has 1 aromatic carbocycles. The Morgan fingerprint density at radius 2 is 2.07 bits per heavy atom. The van der Waals surface area contributed by atoms with Crippen LogP contribution in [0, 0.1) is 0 Å². The van der Waals surface area contributed by atoms with E-state index in [1.165, 1.54) is 10.4 Å². The summed E-state index contributed by atoms with van der Waals surface area (Å²) in [6.07, 6.45) is 2.21. The second-order valence-electron chi connectivity index (χ2n) is 6.80. The van der Waals surface area contributed by atoms with Crippen LogP contribution in [0.1, 0.15) is 19.8 Å². The van der Waals surface area contributed by atoms with Gasteiger partial charge >= 0.3 is 0 Å². The minimum Gasteiger partial charge on any atom is -0.379 e. The highest BCUT2D eigenvalue weighted by Gasteiger charge is 2.26. The summed E-state index contributed by atoms with van der Waals surface area (Å²) >= 11 is 0. The molecule has 0 radical (unpaired) electrons. The molecule has 1 amide bonds. The predicted octanol–water partition coefficient (Wildman–Crippen LogP) is 0.803. The fraction of sp³-hybridized carbons (Fsp3) is 0.611. The second-order valence-corrected chi connectivity index (χ2v) is 8.74. The predicted molar refractivity (Wildman–Crippen MR) is 101 cm³/mol. The quantitative estimate of drug-likeness (QED) is 0.707. The van der Waals surface area contributed by atoms with Crippen molar-refractivity contribution in [3.63, 3.8) is 0 Å². The van der Waals surface area contributed by atoms with Crippen molar-refractivity contribution < 1.29 is 22.7 Å². The molecule has 150 valence electrons. The Hall–Kier alpha value is -1.52. The molecule has 2 saturated heterocycles. The molecule has 1 aromatic rings. The van der Waals surface area contributed by atoms with Gasteiger partial charge in [-0.3, -0.25) is 4.79 Å². The lowest BCUT2D eigenvalue weighted by Gasteiger charge is -2.26. The maximum Gasteiger partial charge on any atom is 0.243 e. The average molecular weight is 397 g/mol. The normalized spacial score (nSPS) is 22.5. The van der Waals surface area contributed by atoms with Crippen molar-refractivity contribution in [2.75, 3.05) is 44.8 Å². The van der Waals surface area contributed by atoms with Crippen LogP contribution >= 0.6 is 0 Å². The van der Waals surface area contributed by atoms with Gasteiger partial charge in [-0.1, -0.05) is 6.07 Å². The zero-order valence-corrected chi connectivity index (χ0v) is 16.3. The molecule has 2 N–H and O–H groups in total. The molecule has 8 nitrogen and oxygen atoms in total. The lowest BCUT2D eigenvalue weighted by atomic mass is 10.2. The molecule has 9 heteroatoms. The average Bonchev–Trinajstić information content (AvgIpc) is 3.20. The van der Waals surface area contributed by atoms with Crippen LogP contribution in [0.25, 0.3) is 0 Å². The minimum atomic E-state index is -3.59. The molecular weight excluding hydrogens is 370 g/mol. The number of sulfonamides is 1. The molecule has 0 aliphatic carbocycles. The SMILES string of the molecule is C[C@H](NC[C@H]1CCCO1)C(=O)Nc1cccc(S(=O)(=O)N2CCOCC2)c1. The molecule has 0 bridgehead atoms. The number of hydrogen-bond donors (Lipinski definition) is 2. The molecular formula is C18H27N3O5S. The summed E-state index contributed by atoms with van der Waals surface area (Å²) in [6, 6.07) is 5.94. The first-order valence-corrected chi connectivity index (χ1v) is 10.7. The van der Waals surface area contributed by atoms with E-state index in [1.807, 2.05) is 0 Å². The maximum atomic E-state index is 12.7. The number of nitrogens with one attached hydrogen (secondary N) is 2. The monoisotopic (exact) mass is 397 g/mol. The largest absolute Gasteiger partial charge is 0.379 e. The van der Waals surface area contributed by atoms with Crippen LogP contribution in [0.3, 0.4) is 0 Å². The Kier molecular flexibility index (Phi) is 6.83. The topological polar surface area (TPSA) is 97.0 Å². The number of carbonyl (C=O) groups is 1. The third kappa shape index (κ3) is 5.26. The van der Waals surface area contributed by atoms with Gasteiger partial charge in [0, 0.05) is 31.9 Å². The molecule has 0 unspecified atom stereocenters. The van der Waals surface area contributed by atoms with Gasteiger partial charge in [-0.15, -0.1) is 0 Å². The number of rotatable bonds is 7. The van der Waals surface area contributed by atoms with Crippen molar-refractivity contribution in [1.29, 1.82) is 0 Å². The van der Waals surface area contributed by atoms with Gasteiger partial charge < -0.3 is 20.1 Å². The van der Waals surface area contributed by atoms with Crippen molar-refractivity contribution in [1.82, 2.24) is 9.62 Å². The van der Waals surface area contributed by atoms with E-state index in [0.29, 0.717) is 38.5 Å². The van der Waals surface area contributed by atoms with Gasteiger partial charge in [0.15, 0.2) is 0 Å². The smallest absolute Gasteiger partial charge is 0.243 e. The van der Waals surface area contributed by atoms with E-state index in [1.54, 1.807) is 25.1 Å². The van der Waals surface area contributed by atoms with Crippen LogP contribution in [-0.2, 0) is 24.3 Å². The summed E-state index contributed by atoms with van der Waals surface area (Å²) in [5.74, 6) is -0.214. The molecule has 0 saturated carbocycles. The maximum absolute atomic E-state index is 12.7. The minimum absolute atomic E-state index is 0.155. The lowest BCUT2D eigenvalue weighted by Crippen LogP contribution is -2.41. The Bertz CT molecular complexity index is 743. The number of hydrogen-bond acceptors (Lipinski definition) is 6. The number of nitrogens with zero attached hydrogens (tertiary/aromatic N) is 1. The van der Waals surface area contributed by atoms with Gasteiger partial charge in [0.05, 0.1) is 30.3 Å². The fourth-order valence-corrected chi connectivity index (χ4v) is 4.58. The molecule has 27 heavy (non-hydrogen) atoms. The van der Waals surface area contributed by atoms with Gasteiger partial charge in [-0.2, -0.15) is 4.31 Å². The first-order chi connectivity index (χ1) is 13.0. The molecule has 0 spiro atoms. The second kappa shape index (κ2) is 9.11. The number of amides is 1. The first-order valence-electron chi connectivity index (χ1n) is 9.30. The van der Waals surface area contributed by atoms with E-state index < -0.39 is 16.1 Å². The highest BCUT2D eigenvalue weighted by molar-refractivity contribution is 7.89.